The standard InChI is InChI=1S/C15H17ClN2O3/c1-2-6-18-13(11(16)9-17-18)14(19)10-4-3-5-12-15(10)21-8-7-20-12/h3-5,9,14,19H,2,6-8H2,1H3. The number of aliphatic hydroxyl groups is 1. The van der Waals surface area contributed by atoms with E-state index in [4.69, 9.17) is 21.1 Å². The van der Waals surface area contributed by atoms with Gasteiger partial charge in [0, 0.05) is 12.1 Å². The van der Waals surface area contributed by atoms with Crippen LogP contribution in [-0.2, 0) is 6.54 Å². The van der Waals surface area contributed by atoms with E-state index in [9.17, 15) is 5.11 Å². The quantitative estimate of drug-likeness (QED) is 0.943. The first kappa shape index (κ1) is 14.2. The van der Waals surface area contributed by atoms with Crippen LogP contribution in [0.4, 0.5) is 0 Å². The summed E-state index contributed by atoms with van der Waals surface area (Å²) in [6, 6.07) is 5.48. The van der Waals surface area contributed by atoms with Gasteiger partial charge in [0.15, 0.2) is 11.5 Å². The molecule has 0 saturated carbocycles. The molecule has 3 rings (SSSR count). The van der Waals surface area contributed by atoms with Gasteiger partial charge in [-0.1, -0.05) is 30.7 Å². The topological polar surface area (TPSA) is 56.5 Å². The molecule has 5 nitrogen and oxygen atoms in total. The highest BCUT2D eigenvalue weighted by molar-refractivity contribution is 6.31. The van der Waals surface area contributed by atoms with Gasteiger partial charge in [-0.25, -0.2) is 0 Å². The minimum Gasteiger partial charge on any atom is -0.486 e. The van der Waals surface area contributed by atoms with Gasteiger partial charge in [-0.2, -0.15) is 5.10 Å². The Hall–Kier alpha value is -1.72. The highest BCUT2D eigenvalue weighted by Gasteiger charge is 2.26. The van der Waals surface area contributed by atoms with Crippen molar-refractivity contribution in [2.45, 2.75) is 26.0 Å². The highest BCUT2D eigenvalue weighted by Crippen LogP contribution is 2.40. The van der Waals surface area contributed by atoms with Crippen molar-refractivity contribution in [3.63, 3.8) is 0 Å². The molecule has 6 heteroatoms. The summed E-state index contributed by atoms with van der Waals surface area (Å²) >= 11 is 6.19. The molecule has 0 amide bonds. The third-order valence-corrected chi connectivity index (χ3v) is 3.71. The van der Waals surface area contributed by atoms with Crippen LogP contribution >= 0.6 is 11.6 Å². The summed E-state index contributed by atoms with van der Waals surface area (Å²) in [7, 11) is 0. The molecule has 2 aromatic rings. The minimum atomic E-state index is -0.900. The zero-order valence-corrected chi connectivity index (χ0v) is 12.5. The number of benzene rings is 1. The first-order chi connectivity index (χ1) is 10.2. The molecular formula is C15H17ClN2O3. The van der Waals surface area contributed by atoms with Gasteiger partial charge in [0.1, 0.15) is 19.3 Å². The van der Waals surface area contributed by atoms with E-state index in [0.29, 0.717) is 47.5 Å². The maximum Gasteiger partial charge on any atom is 0.167 e. The molecule has 1 atom stereocenters. The molecular weight excluding hydrogens is 292 g/mol. The molecule has 2 heterocycles. The molecule has 1 aliphatic rings. The van der Waals surface area contributed by atoms with Crippen LogP contribution in [0.15, 0.2) is 24.4 Å². The number of aryl methyl sites for hydroxylation is 1. The van der Waals surface area contributed by atoms with Gasteiger partial charge in [-0.15, -0.1) is 0 Å². The number of para-hydroxylation sites is 1. The van der Waals surface area contributed by atoms with Crippen LogP contribution in [0.25, 0.3) is 0 Å². The van der Waals surface area contributed by atoms with Crippen molar-refractivity contribution >= 4 is 11.6 Å². The molecule has 0 radical (unpaired) electrons. The number of rotatable bonds is 4. The smallest absolute Gasteiger partial charge is 0.167 e. The molecule has 0 bridgehead atoms. The summed E-state index contributed by atoms with van der Waals surface area (Å²) < 4.78 is 12.9. The van der Waals surface area contributed by atoms with Gasteiger partial charge in [0.25, 0.3) is 0 Å². The maximum atomic E-state index is 10.7. The molecule has 0 aliphatic carbocycles. The van der Waals surface area contributed by atoms with Crippen LogP contribution in [-0.4, -0.2) is 28.1 Å². The first-order valence-electron chi connectivity index (χ1n) is 7.00. The number of fused-ring (bicyclic) bond motifs is 1. The number of hydrogen-bond acceptors (Lipinski definition) is 4. The Kier molecular flexibility index (Phi) is 4.03. The first-order valence-corrected chi connectivity index (χ1v) is 7.38. The second-order valence-corrected chi connectivity index (χ2v) is 5.28. The Balaban J connectivity index is 2.03. The Labute approximate surface area is 128 Å². The fourth-order valence-electron chi connectivity index (χ4n) is 2.49. The summed E-state index contributed by atoms with van der Waals surface area (Å²) in [5.41, 5.74) is 1.23. The van der Waals surface area contributed by atoms with Crippen molar-refractivity contribution in [3.05, 3.63) is 40.7 Å². The predicted octanol–water partition coefficient (Wildman–Crippen LogP) is 2.80. The zero-order valence-electron chi connectivity index (χ0n) is 11.8. The molecule has 1 unspecified atom stereocenters. The largest absolute Gasteiger partial charge is 0.486 e. The number of ether oxygens (including phenoxy) is 2. The summed E-state index contributed by atoms with van der Waals surface area (Å²) in [4.78, 5) is 0. The average Bonchev–Trinajstić information content (AvgIpc) is 2.87. The van der Waals surface area contributed by atoms with Crippen LogP contribution in [0.2, 0.25) is 5.02 Å². The summed E-state index contributed by atoms with van der Waals surface area (Å²) in [5, 5.41) is 15.4. The molecule has 1 aromatic heterocycles. The Morgan fingerprint density at radius 3 is 3.00 bits per heavy atom. The minimum absolute atomic E-state index is 0.449. The monoisotopic (exact) mass is 308 g/mol. The van der Waals surface area contributed by atoms with Crippen molar-refractivity contribution in [1.29, 1.82) is 0 Å². The summed E-state index contributed by atoms with van der Waals surface area (Å²) in [5.74, 6) is 1.23. The van der Waals surface area contributed by atoms with Gasteiger partial charge in [0.2, 0.25) is 0 Å². The van der Waals surface area contributed by atoms with Gasteiger partial charge >= 0.3 is 0 Å². The van der Waals surface area contributed by atoms with E-state index in [2.05, 4.69) is 5.10 Å². The zero-order chi connectivity index (χ0) is 14.8. The average molecular weight is 309 g/mol. The van der Waals surface area contributed by atoms with Gasteiger partial charge < -0.3 is 14.6 Å². The van der Waals surface area contributed by atoms with E-state index in [0.717, 1.165) is 6.42 Å². The number of hydrogen-bond donors (Lipinski definition) is 1. The Morgan fingerprint density at radius 2 is 2.19 bits per heavy atom. The van der Waals surface area contributed by atoms with E-state index in [-0.39, 0.29) is 0 Å². The van der Waals surface area contributed by atoms with E-state index in [1.165, 1.54) is 0 Å². The van der Waals surface area contributed by atoms with E-state index in [1.54, 1.807) is 10.9 Å². The fraction of sp³-hybridized carbons (Fsp3) is 0.400. The molecule has 21 heavy (non-hydrogen) atoms. The molecule has 0 saturated heterocycles. The normalized spacial score (nSPS) is 15.0. The van der Waals surface area contributed by atoms with Gasteiger partial charge in [-0.3, -0.25) is 4.68 Å². The summed E-state index contributed by atoms with van der Waals surface area (Å²) in [6.07, 6.45) is 1.57. The third kappa shape index (κ3) is 2.59. The molecule has 1 aliphatic heterocycles. The van der Waals surface area contributed by atoms with Crippen molar-refractivity contribution in [1.82, 2.24) is 9.78 Å². The van der Waals surface area contributed by atoms with Crippen molar-refractivity contribution in [3.8, 4) is 11.5 Å². The Morgan fingerprint density at radius 1 is 1.38 bits per heavy atom. The molecule has 1 aromatic carbocycles. The van der Waals surface area contributed by atoms with Crippen LogP contribution in [0, 0.1) is 0 Å². The second-order valence-electron chi connectivity index (χ2n) is 4.87. The van der Waals surface area contributed by atoms with Crippen molar-refractivity contribution in [2.24, 2.45) is 0 Å². The molecule has 112 valence electrons. The Bertz CT molecular complexity index is 642. The maximum absolute atomic E-state index is 10.7. The van der Waals surface area contributed by atoms with Gasteiger partial charge in [0.05, 0.1) is 16.9 Å². The highest BCUT2D eigenvalue weighted by atomic mass is 35.5. The molecule has 0 fully saturated rings. The number of nitrogens with zero attached hydrogens (tertiary/aromatic N) is 2. The second kappa shape index (κ2) is 5.95. The predicted molar refractivity (Wildman–Crippen MR) is 79.0 cm³/mol. The van der Waals surface area contributed by atoms with Crippen LogP contribution < -0.4 is 9.47 Å². The SMILES string of the molecule is CCCn1ncc(Cl)c1C(O)c1cccc2c1OCCO2. The van der Waals surface area contributed by atoms with Crippen molar-refractivity contribution < 1.29 is 14.6 Å². The van der Waals surface area contributed by atoms with Gasteiger partial charge in [-0.05, 0) is 12.5 Å². The number of aromatic nitrogens is 2. The lowest BCUT2D eigenvalue weighted by atomic mass is 10.0. The third-order valence-electron chi connectivity index (χ3n) is 3.42. The lowest BCUT2D eigenvalue weighted by Crippen LogP contribution is -2.18. The van der Waals surface area contributed by atoms with Crippen LogP contribution in [0.5, 0.6) is 11.5 Å². The van der Waals surface area contributed by atoms with Crippen LogP contribution in [0.3, 0.4) is 0 Å². The lowest BCUT2D eigenvalue weighted by Gasteiger charge is -2.23. The molecule has 0 spiro atoms. The molecule has 1 N–H and O–H groups in total. The van der Waals surface area contributed by atoms with Crippen molar-refractivity contribution in [2.75, 3.05) is 13.2 Å². The fourth-order valence-corrected chi connectivity index (χ4v) is 2.74. The number of halogens is 1. The van der Waals surface area contributed by atoms with E-state index >= 15 is 0 Å². The van der Waals surface area contributed by atoms with Crippen LogP contribution in [0.1, 0.15) is 30.7 Å². The summed E-state index contributed by atoms with van der Waals surface area (Å²) in [6.45, 7) is 3.73. The van der Waals surface area contributed by atoms with E-state index < -0.39 is 6.10 Å². The lowest BCUT2D eigenvalue weighted by molar-refractivity contribution is 0.156. The van der Waals surface area contributed by atoms with E-state index in [1.807, 2.05) is 25.1 Å². The number of aliphatic hydroxyl groups excluding tert-OH is 1.